The minimum absolute atomic E-state index is 0. The van der Waals surface area contributed by atoms with Gasteiger partial charge in [-0.05, 0) is 12.3 Å². The van der Waals surface area contributed by atoms with Gasteiger partial charge in [0.2, 0.25) is 0 Å². The lowest BCUT2D eigenvalue weighted by Crippen LogP contribution is -2.21. The molecule has 9 heavy (non-hydrogen) atoms. The van der Waals surface area contributed by atoms with Crippen molar-refractivity contribution in [3.63, 3.8) is 0 Å². The maximum Gasteiger partial charge on any atom is 0.107 e. The van der Waals surface area contributed by atoms with Gasteiger partial charge in [0.15, 0.2) is 0 Å². The zero-order chi connectivity index (χ0) is 6.20. The van der Waals surface area contributed by atoms with Gasteiger partial charge in [-0.25, -0.2) is 0 Å². The van der Waals surface area contributed by atoms with Crippen LogP contribution in [0.1, 0.15) is 19.8 Å². The third kappa shape index (κ3) is 1.35. The summed E-state index contributed by atoms with van der Waals surface area (Å²) >= 11 is 0. The molecule has 2 nitrogen and oxygen atoms in total. The first-order valence-electron chi connectivity index (χ1n) is 2.93. The van der Waals surface area contributed by atoms with Crippen molar-refractivity contribution >= 4 is 12.4 Å². The van der Waals surface area contributed by atoms with E-state index in [1.807, 2.05) is 0 Å². The molecular formula is C6H11ClN2. The molecule has 0 bridgehead atoms. The van der Waals surface area contributed by atoms with E-state index in [1.54, 1.807) is 0 Å². The van der Waals surface area contributed by atoms with Crippen LogP contribution in [0.5, 0.6) is 0 Å². The van der Waals surface area contributed by atoms with E-state index >= 15 is 0 Å². The van der Waals surface area contributed by atoms with Crippen molar-refractivity contribution in [2.75, 3.05) is 0 Å². The number of rotatable bonds is 1. The number of hydrogen-bond acceptors (Lipinski definition) is 2. The van der Waals surface area contributed by atoms with Crippen molar-refractivity contribution < 1.29 is 0 Å². The summed E-state index contributed by atoms with van der Waals surface area (Å²) in [4.78, 5) is 0. The van der Waals surface area contributed by atoms with Gasteiger partial charge in [-0.15, -0.1) is 12.4 Å². The van der Waals surface area contributed by atoms with Gasteiger partial charge in [-0.2, -0.15) is 5.26 Å². The highest BCUT2D eigenvalue weighted by Crippen LogP contribution is 2.42. The molecule has 0 aromatic rings. The summed E-state index contributed by atoms with van der Waals surface area (Å²) in [6.45, 7) is 2.07. The Bertz CT molecular complexity index is 140. The average molecular weight is 147 g/mol. The fourth-order valence-corrected chi connectivity index (χ4v) is 0.994. The number of hydrogen-bond donors (Lipinski definition) is 1. The van der Waals surface area contributed by atoms with Crippen LogP contribution in [0.15, 0.2) is 0 Å². The molecular weight excluding hydrogens is 136 g/mol. The smallest absolute Gasteiger partial charge is 0.107 e. The Morgan fingerprint density at radius 2 is 2.44 bits per heavy atom. The average Bonchev–Trinajstić information content (AvgIpc) is 2.44. The molecule has 0 aliphatic heterocycles. The molecule has 1 rings (SSSR count). The summed E-state index contributed by atoms with van der Waals surface area (Å²) in [5.74, 6) is 0.479. The molecule has 0 aromatic carbocycles. The van der Waals surface area contributed by atoms with Gasteiger partial charge >= 0.3 is 0 Å². The molecule has 0 heterocycles. The van der Waals surface area contributed by atoms with E-state index in [2.05, 4.69) is 13.0 Å². The van der Waals surface area contributed by atoms with Crippen LogP contribution in [0.4, 0.5) is 0 Å². The lowest BCUT2D eigenvalue weighted by molar-refractivity contribution is 0.691. The first-order valence-corrected chi connectivity index (χ1v) is 2.93. The Kier molecular flexibility index (Phi) is 2.48. The molecule has 1 aliphatic carbocycles. The number of nitriles is 1. The highest BCUT2D eigenvalue weighted by Gasteiger charge is 2.50. The van der Waals surface area contributed by atoms with Gasteiger partial charge in [-0.1, -0.05) is 13.3 Å². The Morgan fingerprint density at radius 3 is 2.56 bits per heavy atom. The Labute approximate surface area is 61.4 Å². The summed E-state index contributed by atoms with van der Waals surface area (Å²) in [7, 11) is 0. The van der Waals surface area contributed by atoms with Gasteiger partial charge in [0, 0.05) is 0 Å². The molecule has 2 N–H and O–H groups in total. The Morgan fingerprint density at radius 1 is 1.89 bits per heavy atom. The first-order chi connectivity index (χ1) is 3.73. The van der Waals surface area contributed by atoms with Crippen LogP contribution in [-0.4, -0.2) is 5.54 Å². The maximum absolute atomic E-state index is 8.39. The zero-order valence-electron chi connectivity index (χ0n) is 5.42. The molecule has 0 aromatic heterocycles. The van der Waals surface area contributed by atoms with Crippen molar-refractivity contribution in [1.82, 2.24) is 0 Å². The van der Waals surface area contributed by atoms with E-state index < -0.39 is 5.54 Å². The second-order valence-electron chi connectivity index (χ2n) is 2.46. The van der Waals surface area contributed by atoms with Crippen LogP contribution in [-0.2, 0) is 0 Å². The van der Waals surface area contributed by atoms with Crippen molar-refractivity contribution in [2.24, 2.45) is 11.7 Å². The van der Waals surface area contributed by atoms with E-state index in [0.29, 0.717) is 5.92 Å². The largest absolute Gasteiger partial charge is 0.313 e. The van der Waals surface area contributed by atoms with Crippen LogP contribution < -0.4 is 5.73 Å². The van der Waals surface area contributed by atoms with E-state index in [-0.39, 0.29) is 12.4 Å². The normalized spacial score (nSPS) is 38.6. The minimum Gasteiger partial charge on any atom is -0.313 e. The molecule has 0 unspecified atom stereocenters. The number of nitrogens with two attached hydrogens (primary N) is 1. The standard InChI is InChI=1S/C6H10N2.ClH/c1-2-5-3-6(5,8)4-7;/h5H,2-3,8H2,1H3;1H/t5-,6-;/m0./s1. The molecule has 3 heteroatoms. The second-order valence-corrected chi connectivity index (χ2v) is 2.46. The van der Waals surface area contributed by atoms with Crippen LogP contribution in [0, 0.1) is 17.2 Å². The van der Waals surface area contributed by atoms with Crippen LogP contribution in [0.2, 0.25) is 0 Å². The molecule has 1 aliphatic rings. The number of halogens is 1. The molecule has 0 saturated heterocycles. The van der Waals surface area contributed by atoms with Crippen molar-refractivity contribution in [3.8, 4) is 6.07 Å². The minimum atomic E-state index is -0.436. The van der Waals surface area contributed by atoms with E-state index in [4.69, 9.17) is 11.0 Å². The van der Waals surface area contributed by atoms with Crippen LogP contribution in [0.25, 0.3) is 0 Å². The lowest BCUT2D eigenvalue weighted by Gasteiger charge is -1.93. The second kappa shape index (κ2) is 2.55. The van der Waals surface area contributed by atoms with Crippen molar-refractivity contribution in [1.29, 1.82) is 5.26 Å². The molecule has 0 amide bonds. The predicted molar refractivity (Wildman–Crippen MR) is 38.2 cm³/mol. The first kappa shape index (κ1) is 8.74. The summed E-state index contributed by atoms with van der Waals surface area (Å²) < 4.78 is 0. The SMILES string of the molecule is CC[C@H]1C[C@]1(N)C#N.Cl. The third-order valence-corrected chi connectivity index (χ3v) is 1.85. The predicted octanol–water partition coefficient (Wildman–Crippen LogP) is 1.06. The van der Waals surface area contributed by atoms with Crippen molar-refractivity contribution in [2.45, 2.75) is 25.3 Å². The summed E-state index contributed by atoms with van der Waals surface area (Å²) in [6, 6.07) is 2.09. The fraction of sp³-hybridized carbons (Fsp3) is 0.833. The molecule has 52 valence electrons. The molecule has 0 spiro atoms. The number of nitrogens with zero attached hydrogens (tertiary/aromatic N) is 1. The lowest BCUT2D eigenvalue weighted by atomic mass is 10.2. The maximum atomic E-state index is 8.39. The van der Waals surface area contributed by atoms with Gasteiger partial charge in [0.05, 0.1) is 6.07 Å². The molecule has 0 radical (unpaired) electrons. The Hall–Kier alpha value is -0.260. The summed E-state index contributed by atoms with van der Waals surface area (Å²) in [6.07, 6.45) is 1.95. The topological polar surface area (TPSA) is 49.8 Å². The van der Waals surface area contributed by atoms with E-state index in [1.165, 1.54) is 0 Å². The fourth-order valence-electron chi connectivity index (χ4n) is 0.994. The van der Waals surface area contributed by atoms with E-state index in [0.717, 1.165) is 12.8 Å². The summed E-state index contributed by atoms with van der Waals surface area (Å²) in [5, 5.41) is 8.39. The highest BCUT2D eigenvalue weighted by molar-refractivity contribution is 5.85. The van der Waals surface area contributed by atoms with Gasteiger partial charge in [-0.3, -0.25) is 0 Å². The van der Waals surface area contributed by atoms with Gasteiger partial charge in [0.25, 0.3) is 0 Å². The van der Waals surface area contributed by atoms with Crippen molar-refractivity contribution in [3.05, 3.63) is 0 Å². The molecule has 1 saturated carbocycles. The third-order valence-electron chi connectivity index (χ3n) is 1.85. The highest BCUT2D eigenvalue weighted by atomic mass is 35.5. The molecule has 1 fully saturated rings. The van der Waals surface area contributed by atoms with Gasteiger partial charge < -0.3 is 5.73 Å². The Balaban J connectivity index is 0.000000640. The summed E-state index contributed by atoms with van der Waals surface area (Å²) in [5.41, 5.74) is 5.10. The van der Waals surface area contributed by atoms with Gasteiger partial charge in [0.1, 0.15) is 5.54 Å². The zero-order valence-corrected chi connectivity index (χ0v) is 6.24. The monoisotopic (exact) mass is 146 g/mol. The quantitative estimate of drug-likeness (QED) is 0.602. The van der Waals surface area contributed by atoms with Crippen LogP contribution >= 0.6 is 12.4 Å². The molecule has 2 atom stereocenters. The van der Waals surface area contributed by atoms with Crippen LogP contribution in [0.3, 0.4) is 0 Å². The van der Waals surface area contributed by atoms with E-state index in [9.17, 15) is 0 Å².